The molecule has 0 atom stereocenters. The standard InChI is InChI=1S/C19H17ClN2O3S/c1-10-16(12(3)23)11(2)21-17(10)19(24)25-8-13-9-26-18(22-13)14-6-4-5-7-15(14)20/h4-7,9,21H,8H2,1-3H3. The first-order chi connectivity index (χ1) is 12.4. The summed E-state index contributed by atoms with van der Waals surface area (Å²) in [5, 5.41) is 3.23. The van der Waals surface area contributed by atoms with Gasteiger partial charge in [-0.05, 0) is 32.4 Å². The molecule has 0 aliphatic heterocycles. The summed E-state index contributed by atoms with van der Waals surface area (Å²) in [6, 6.07) is 7.45. The Hall–Kier alpha value is -2.44. The van der Waals surface area contributed by atoms with Crippen LogP contribution in [0.5, 0.6) is 0 Å². The number of thiazole rings is 1. The second kappa shape index (κ2) is 7.43. The number of nitrogens with one attached hydrogen (secondary N) is 1. The molecule has 0 saturated heterocycles. The minimum atomic E-state index is -0.509. The lowest BCUT2D eigenvalue weighted by molar-refractivity contribution is 0.0461. The molecule has 0 fully saturated rings. The fraction of sp³-hybridized carbons (Fsp3) is 0.211. The third-order valence-electron chi connectivity index (χ3n) is 4.00. The second-order valence-corrected chi connectivity index (χ2v) is 7.15. The quantitative estimate of drug-likeness (QED) is 0.494. The predicted octanol–water partition coefficient (Wildman–Crippen LogP) is 4.97. The monoisotopic (exact) mass is 388 g/mol. The second-order valence-electron chi connectivity index (χ2n) is 5.88. The van der Waals surface area contributed by atoms with Crippen molar-refractivity contribution >= 4 is 34.7 Å². The summed E-state index contributed by atoms with van der Waals surface area (Å²) in [6.45, 7) is 5.02. The number of ether oxygens (including phenoxy) is 1. The van der Waals surface area contributed by atoms with Crippen molar-refractivity contribution in [2.24, 2.45) is 0 Å². The smallest absolute Gasteiger partial charge is 0.355 e. The maximum atomic E-state index is 12.3. The van der Waals surface area contributed by atoms with Crippen LogP contribution in [0.15, 0.2) is 29.6 Å². The van der Waals surface area contributed by atoms with Crippen molar-refractivity contribution < 1.29 is 14.3 Å². The van der Waals surface area contributed by atoms with Gasteiger partial charge >= 0.3 is 5.97 Å². The number of benzene rings is 1. The average Bonchev–Trinajstić information content (AvgIpc) is 3.17. The molecule has 1 aromatic carbocycles. The summed E-state index contributed by atoms with van der Waals surface area (Å²) < 4.78 is 5.35. The fourth-order valence-corrected chi connectivity index (χ4v) is 3.95. The van der Waals surface area contributed by atoms with Crippen LogP contribution in [0.4, 0.5) is 0 Å². The van der Waals surface area contributed by atoms with E-state index in [1.807, 2.05) is 23.6 Å². The van der Waals surface area contributed by atoms with E-state index >= 15 is 0 Å². The molecule has 7 heteroatoms. The highest BCUT2D eigenvalue weighted by atomic mass is 35.5. The fourth-order valence-electron chi connectivity index (χ4n) is 2.83. The number of rotatable bonds is 5. The van der Waals surface area contributed by atoms with Gasteiger partial charge in [0.1, 0.15) is 17.3 Å². The summed E-state index contributed by atoms with van der Waals surface area (Å²) in [7, 11) is 0. The van der Waals surface area contributed by atoms with Crippen molar-refractivity contribution in [3.63, 3.8) is 0 Å². The highest BCUT2D eigenvalue weighted by Crippen LogP contribution is 2.30. The minimum Gasteiger partial charge on any atom is -0.454 e. The van der Waals surface area contributed by atoms with Crippen LogP contribution in [0.1, 0.15) is 44.7 Å². The van der Waals surface area contributed by atoms with Crippen LogP contribution >= 0.6 is 22.9 Å². The molecule has 0 unspecified atom stereocenters. The molecule has 2 aromatic heterocycles. The number of H-pyrrole nitrogens is 1. The molecule has 5 nitrogen and oxygen atoms in total. The van der Waals surface area contributed by atoms with E-state index in [-0.39, 0.29) is 12.4 Å². The normalized spacial score (nSPS) is 10.8. The number of aryl methyl sites for hydroxylation is 1. The summed E-state index contributed by atoms with van der Waals surface area (Å²) >= 11 is 7.62. The van der Waals surface area contributed by atoms with E-state index in [0.29, 0.717) is 33.2 Å². The van der Waals surface area contributed by atoms with Gasteiger partial charge in [0, 0.05) is 22.2 Å². The number of carbonyl (C=O) groups is 2. The van der Waals surface area contributed by atoms with Gasteiger partial charge in [0.05, 0.1) is 10.7 Å². The molecule has 26 heavy (non-hydrogen) atoms. The summed E-state index contributed by atoms with van der Waals surface area (Å²) in [4.78, 5) is 31.4. The topological polar surface area (TPSA) is 72.0 Å². The van der Waals surface area contributed by atoms with E-state index in [2.05, 4.69) is 9.97 Å². The van der Waals surface area contributed by atoms with Gasteiger partial charge in [-0.3, -0.25) is 4.79 Å². The number of aromatic nitrogens is 2. The van der Waals surface area contributed by atoms with Gasteiger partial charge in [-0.25, -0.2) is 9.78 Å². The van der Waals surface area contributed by atoms with E-state index in [4.69, 9.17) is 16.3 Å². The number of Topliss-reactive ketones (excluding diaryl/α,β-unsaturated/α-hetero) is 1. The number of esters is 1. The summed E-state index contributed by atoms with van der Waals surface area (Å²) in [5.74, 6) is -0.593. The Morgan fingerprint density at radius 3 is 2.65 bits per heavy atom. The molecule has 0 saturated carbocycles. The molecule has 0 aliphatic carbocycles. The number of halogens is 1. The van der Waals surface area contributed by atoms with Crippen molar-refractivity contribution in [1.82, 2.24) is 9.97 Å². The Labute approximate surface area is 160 Å². The van der Waals surface area contributed by atoms with Gasteiger partial charge < -0.3 is 9.72 Å². The first-order valence-corrected chi connectivity index (χ1v) is 9.20. The van der Waals surface area contributed by atoms with Gasteiger partial charge in [-0.2, -0.15) is 0 Å². The molecule has 0 amide bonds. The number of nitrogens with zero attached hydrogens (tertiary/aromatic N) is 1. The zero-order chi connectivity index (χ0) is 18.8. The lowest BCUT2D eigenvalue weighted by Crippen LogP contribution is -2.08. The number of hydrogen-bond donors (Lipinski definition) is 1. The molecule has 1 N–H and O–H groups in total. The van der Waals surface area contributed by atoms with Gasteiger partial charge in [-0.15, -0.1) is 11.3 Å². The van der Waals surface area contributed by atoms with Crippen LogP contribution < -0.4 is 0 Å². The molecule has 0 bridgehead atoms. The maximum Gasteiger partial charge on any atom is 0.355 e. The third-order valence-corrected chi connectivity index (χ3v) is 5.25. The van der Waals surface area contributed by atoms with E-state index in [0.717, 1.165) is 10.6 Å². The van der Waals surface area contributed by atoms with Gasteiger partial charge in [0.15, 0.2) is 5.78 Å². The van der Waals surface area contributed by atoms with Crippen LogP contribution in [0.2, 0.25) is 5.02 Å². The Bertz CT molecular complexity index is 991. The number of aromatic amines is 1. The van der Waals surface area contributed by atoms with E-state index in [9.17, 15) is 9.59 Å². The zero-order valence-electron chi connectivity index (χ0n) is 14.6. The maximum absolute atomic E-state index is 12.3. The third kappa shape index (κ3) is 3.57. The molecule has 0 aliphatic rings. The summed E-state index contributed by atoms with van der Waals surface area (Å²) in [6.07, 6.45) is 0. The van der Waals surface area contributed by atoms with E-state index in [1.165, 1.54) is 18.3 Å². The number of carbonyl (C=O) groups excluding carboxylic acids is 2. The highest BCUT2D eigenvalue weighted by molar-refractivity contribution is 7.13. The highest BCUT2D eigenvalue weighted by Gasteiger charge is 2.21. The van der Waals surface area contributed by atoms with E-state index in [1.54, 1.807) is 19.9 Å². The van der Waals surface area contributed by atoms with Gasteiger partial charge in [0.25, 0.3) is 0 Å². The summed E-state index contributed by atoms with van der Waals surface area (Å²) in [5.41, 5.74) is 3.59. The molecule has 0 radical (unpaired) electrons. The van der Waals surface area contributed by atoms with Crippen LogP contribution in [0, 0.1) is 13.8 Å². The molecule has 2 heterocycles. The predicted molar refractivity (Wildman–Crippen MR) is 102 cm³/mol. The first-order valence-electron chi connectivity index (χ1n) is 7.95. The lowest BCUT2D eigenvalue weighted by Gasteiger charge is -2.03. The molecule has 134 valence electrons. The molecule has 3 aromatic rings. The first kappa shape index (κ1) is 18.4. The molecule has 3 rings (SSSR count). The van der Waals surface area contributed by atoms with Crippen LogP contribution in [0.3, 0.4) is 0 Å². The van der Waals surface area contributed by atoms with Gasteiger partial charge in [-0.1, -0.05) is 29.8 Å². The Morgan fingerprint density at radius 2 is 2.00 bits per heavy atom. The SMILES string of the molecule is CC(=O)c1c(C)[nH]c(C(=O)OCc2csc(-c3ccccc3Cl)n2)c1C. The zero-order valence-corrected chi connectivity index (χ0v) is 16.1. The van der Waals surface area contributed by atoms with E-state index < -0.39 is 5.97 Å². The van der Waals surface area contributed by atoms with Crippen molar-refractivity contribution in [2.75, 3.05) is 0 Å². The average molecular weight is 389 g/mol. The number of hydrogen-bond acceptors (Lipinski definition) is 5. The van der Waals surface area contributed by atoms with Gasteiger partial charge in [0.2, 0.25) is 0 Å². The largest absolute Gasteiger partial charge is 0.454 e. The van der Waals surface area contributed by atoms with Crippen molar-refractivity contribution in [3.05, 3.63) is 62.9 Å². The minimum absolute atomic E-state index is 0.0483. The lowest BCUT2D eigenvalue weighted by atomic mass is 10.1. The Morgan fingerprint density at radius 1 is 1.27 bits per heavy atom. The molecule has 0 spiro atoms. The van der Waals surface area contributed by atoms with Crippen LogP contribution in [0.25, 0.3) is 10.6 Å². The van der Waals surface area contributed by atoms with Crippen molar-refractivity contribution in [3.8, 4) is 10.6 Å². The van der Waals surface area contributed by atoms with Crippen molar-refractivity contribution in [1.29, 1.82) is 0 Å². The Balaban J connectivity index is 1.72. The van der Waals surface area contributed by atoms with Crippen LogP contribution in [-0.2, 0) is 11.3 Å². The number of ketones is 1. The molecular formula is C19H17ClN2O3S. The molecular weight excluding hydrogens is 372 g/mol. The van der Waals surface area contributed by atoms with Crippen LogP contribution in [-0.4, -0.2) is 21.7 Å². The van der Waals surface area contributed by atoms with Crippen molar-refractivity contribution in [2.45, 2.75) is 27.4 Å². The Kier molecular flexibility index (Phi) is 5.25.